The molecule has 2 aromatic rings. The minimum atomic E-state index is -0.293. The van der Waals surface area contributed by atoms with Gasteiger partial charge in [-0.25, -0.2) is 4.98 Å². The monoisotopic (exact) mass is 255 g/mol. The second kappa shape index (κ2) is 5.52. The van der Waals surface area contributed by atoms with E-state index >= 15 is 0 Å². The zero-order valence-electron chi connectivity index (χ0n) is 11.1. The molecule has 1 aromatic carbocycles. The van der Waals surface area contributed by atoms with Crippen LogP contribution in [0.1, 0.15) is 35.8 Å². The van der Waals surface area contributed by atoms with E-state index in [4.69, 9.17) is 5.73 Å². The molecule has 0 unspecified atom stereocenters. The number of carbonyl (C=O) groups excluding carboxylic acids is 1. The summed E-state index contributed by atoms with van der Waals surface area (Å²) in [7, 11) is 0. The molecule has 0 spiro atoms. The van der Waals surface area contributed by atoms with E-state index in [0.29, 0.717) is 11.6 Å². The number of nitrogens with zero attached hydrogens (tertiary/aromatic N) is 1. The summed E-state index contributed by atoms with van der Waals surface area (Å²) >= 11 is 0. The molecule has 0 saturated carbocycles. The summed E-state index contributed by atoms with van der Waals surface area (Å²) in [5.41, 5.74) is 8.28. The summed E-state index contributed by atoms with van der Waals surface area (Å²) in [6, 6.07) is 11.1. The van der Waals surface area contributed by atoms with Crippen molar-refractivity contribution in [3.05, 3.63) is 53.9 Å². The van der Waals surface area contributed by atoms with Crippen LogP contribution in [-0.4, -0.2) is 10.9 Å². The Morgan fingerprint density at radius 3 is 2.74 bits per heavy atom. The van der Waals surface area contributed by atoms with Crippen molar-refractivity contribution in [2.75, 3.05) is 11.1 Å². The molecular formula is C15H17N3O. The van der Waals surface area contributed by atoms with Gasteiger partial charge in [0.1, 0.15) is 0 Å². The molecule has 4 nitrogen and oxygen atoms in total. The number of rotatable bonds is 3. The lowest BCUT2D eigenvalue weighted by Crippen LogP contribution is -2.15. The van der Waals surface area contributed by atoms with Crippen LogP contribution in [0.5, 0.6) is 0 Å². The van der Waals surface area contributed by atoms with Crippen molar-refractivity contribution >= 4 is 17.3 Å². The Hall–Kier alpha value is -2.36. The maximum absolute atomic E-state index is 12.1. The van der Waals surface area contributed by atoms with E-state index in [9.17, 15) is 4.79 Å². The van der Waals surface area contributed by atoms with E-state index in [0.717, 1.165) is 5.69 Å². The van der Waals surface area contributed by atoms with E-state index in [1.165, 1.54) is 5.56 Å². The van der Waals surface area contributed by atoms with Gasteiger partial charge in [0.05, 0.1) is 5.69 Å². The van der Waals surface area contributed by atoms with E-state index < -0.39 is 0 Å². The predicted octanol–water partition coefficient (Wildman–Crippen LogP) is 3.04. The second-order valence-corrected chi connectivity index (χ2v) is 4.68. The number of nitrogens with one attached hydrogen (secondary N) is 1. The molecule has 19 heavy (non-hydrogen) atoms. The van der Waals surface area contributed by atoms with Gasteiger partial charge < -0.3 is 11.1 Å². The highest BCUT2D eigenvalue weighted by Crippen LogP contribution is 2.19. The average molecular weight is 255 g/mol. The van der Waals surface area contributed by atoms with Gasteiger partial charge in [0.15, 0.2) is 5.69 Å². The van der Waals surface area contributed by atoms with Gasteiger partial charge in [0.2, 0.25) is 0 Å². The zero-order valence-corrected chi connectivity index (χ0v) is 11.1. The Morgan fingerprint density at radius 1 is 1.26 bits per heavy atom. The summed E-state index contributed by atoms with van der Waals surface area (Å²) in [5, 5.41) is 2.81. The van der Waals surface area contributed by atoms with Crippen LogP contribution in [-0.2, 0) is 0 Å². The molecule has 0 fully saturated rings. The Balaban J connectivity index is 2.20. The number of nitrogens with two attached hydrogens (primary N) is 1. The summed E-state index contributed by atoms with van der Waals surface area (Å²) in [5.74, 6) is 0.121. The fourth-order valence-electron chi connectivity index (χ4n) is 1.77. The number of carbonyl (C=O) groups is 1. The molecule has 0 aliphatic heterocycles. The first kappa shape index (κ1) is 13.1. The van der Waals surface area contributed by atoms with Crippen LogP contribution in [0.3, 0.4) is 0 Å². The van der Waals surface area contributed by atoms with Crippen LogP contribution in [0, 0.1) is 0 Å². The lowest BCUT2D eigenvalue weighted by molar-refractivity contribution is 0.102. The number of benzene rings is 1. The quantitative estimate of drug-likeness (QED) is 0.885. The highest BCUT2D eigenvalue weighted by Gasteiger charge is 2.11. The number of anilines is 2. The minimum absolute atomic E-state index is 0.248. The van der Waals surface area contributed by atoms with Crippen molar-refractivity contribution in [1.82, 2.24) is 4.98 Å². The second-order valence-electron chi connectivity index (χ2n) is 4.68. The first-order valence-corrected chi connectivity index (χ1v) is 6.19. The van der Waals surface area contributed by atoms with Crippen LogP contribution in [0.15, 0.2) is 42.6 Å². The van der Waals surface area contributed by atoms with Gasteiger partial charge in [-0.1, -0.05) is 26.0 Å². The van der Waals surface area contributed by atoms with Gasteiger partial charge >= 0.3 is 0 Å². The van der Waals surface area contributed by atoms with Gasteiger partial charge in [-0.15, -0.1) is 0 Å². The van der Waals surface area contributed by atoms with Crippen molar-refractivity contribution in [3.63, 3.8) is 0 Å². The molecular weight excluding hydrogens is 238 g/mol. The number of amides is 1. The average Bonchev–Trinajstić information content (AvgIpc) is 2.39. The first-order valence-electron chi connectivity index (χ1n) is 6.19. The highest BCUT2D eigenvalue weighted by atomic mass is 16.1. The predicted molar refractivity (Wildman–Crippen MR) is 77.1 cm³/mol. The molecule has 0 atom stereocenters. The molecule has 0 saturated heterocycles. The van der Waals surface area contributed by atoms with Crippen molar-refractivity contribution in [3.8, 4) is 0 Å². The third-order valence-corrected chi connectivity index (χ3v) is 2.87. The molecule has 3 N–H and O–H groups in total. The number of hydrogen-bond acceptors (Lipinski definition) is 3. The molecule has 98 valence electrons. The third-order valence-electron chi connectivity index (χ3n) is 2.87. The van der Waals surface area contributed by atoms with E-state index in [1.807, 2.05) is 24.3 Å². The summed E-state index contributed by atoms with van der Waals surface area (Å²) < 4.78 is 0. The molecule has 1 amide bonds. The largest absolute Gasteiger partial charge is 0.397 e. The van der Waals surface area contributed by atoms with Crippen LogP contribution in [0.25, 0.3) is 0 Å². The third kappa shape index (κ3) is 3.10. The van der Waals surface area contributed by atoms with Gasteiger partial charge in [-0.3, -0.25) is 4.79 Å². The van der Waals surface area contributed by atoms with Crippen molar-refractivity contribution < 1.29 is 4.79 Å². The van der Waals surface area contributed by atoms with Crippen molar-refractivity contribution in [2.24, 2.45) is 0 Å². The Bertz CT molecular complexity index is 593. The van der Waals surface area contributed by atoms with E-state index in [2.05, 4.69) is 24.1 Å². The molecule has 0 bridgehead atoms. The molecule has 0 radical (unpaired) electrons. The fourth-order valence-corrected chi connectivity index (χ4v) is 1.77. The fraction of sp³-hybridized carbons (Fsp3) is 0.200. The smallest absolute Gasteiger partial charge is 0.276 e. The molecule has 0 aliphatic carbocycles. The van der Waals surface area contributed by atoms with Gasteiger partial charge in [-0.2, -0.15) is 0 Å². The van der Waals surface area contributed by atoms with Gasteiger partial charge in [0, 0.05) is 11.9 Å². The summed E-state index contributed by atoms with van der Waals surface area (Å²) in [6.07, 6.45) is 1.55. The number of aromatic nitrogens is 1. The maximum atomic E-state index is 12.1. The molecule has 1 heterocycles. The Kier molecular flexibility index (Phi) is 3.80. The van der Waals surface area contributed by atoms with E-state index in [-0.39, 0.29) is 11.6 Å². The topological polar surface area (TPSA) is 68.0 Å². The van der Waals surface area contributed by atoms with E-state index in [1.54, 1.807) is 18.3 Å². The lowest BCUT2D eigenvalue weighted by atomic mass is 10.0. The maximum Gasteiger partial charge on any atom is 0.276 e. The van der Waals surface area contributed by atoms with Crippen LogP contribution in [0.2, 0.25) is 0 Å². The Labute approximate surface area is 112 Å². The first-order chi connectivity index (χ1) is 9.08. The zero-order chi connectivity index (χ0) is 13.8. The van der Waals surface area contributed by atoms with Crippen LogP contribution in [0.4, 0.5) is 11.4 Å². The van der Waals surface area contributed by atoms with Crippen molar-refractivity contribution in [1.29, 1.82) is 0 Å². The number of pyridine rings is 1. The molecule has 1 aromatic heterocycles. The number of hydrogen-bond donors (Lipinski definition) is 2. The summed E-state index contributed by atoms with van der Waals surface area (Å²) in [6.45, 7) is 4.22. The minimum Gasteiger partial charge on any atom is -0.397 e. The van der Waals surface area contributed by atoms with Gasteiger partial charge in [0.25, 0.3) is 5.91 Å². The molecule has 2 rings (SSSR count). The van der Waals surface area contributed by atoms with Crippen LogP contribution < -0.4 is 11.1 Å². The standard InChI is InChI=1S/C15H17N3O/c1-10(2)11-5-3-6-12(9-11)18-15(19)14-13(16)7-4-8-17-14/h3-10H,16H2,1-2H3,(H,18,19). The summed E-state index contributed by atoms with van der Waals surface area (Å²) in [4.78, 5) is 16.1. The Morgan fingerprint density at radius 2 is 2.05 bits per heavy atom. The van der Waals surface area contributed by atoms with Crippen LogP contribution >= 0.6 is 0 Å². The normalized spacial score (nSPS) is 10.5. The highest BCUT2D eigenvalue weighted by molar-refractivity contribution is 6.06. The molecule has 4 heteroatoms. The van der Waals surface area contributed by atoms with Crippen molar-refractivity contribution in [2.45, 2.75) is 19.8 Å². The number of nitrogen functional groups attached to an aromatic ring is 1. The lowest BCUT2D eigenvalue weighted by Gasteiger charge is -2.10. The van der Waals surface area contributed by atoms with Gasteiger partial charge in [-0.05, 0) is 35.7 Å². The SMILES string of the molecule is CC(C)c1cccc(NC(=O)c2ncccc2N)c1. The molecule has 0 aliphatic rings.